The lowest BCUT2D eigenvalue weighted by Crippen LogP contribution is -2.30. The first-order chi connectivity index (χ1) is 11.7. The molecule has 0 spiro atoms. The second kappa shape index (κ2) is 6.09. The third kappa shape index (κ3) is 2.67. The normalized spacial score (nSPS) is 15.2. The maximum atomic E-state index is 9.81. The van der Waals surface area contributed by atoms with Gasteiger partial charge in [0.05, 0.1) is 11.9 Å². The number of hydrogen-bond donors (Lipinski definition) is 2. The van der Waals surface area contributed by atoms with Crippen molar-refractivity contribution >= 4 is 17.1 Å². The lowest BCUT2D eigenvalue weighted by molar-refractivity contribution is 0.240. The maximum Gasteiger partial charge on any atom is 0.142 e. The summed E-state index contributed by atoms with van der Waals surface area (Å²) in [6, 6.07) is 12.1. The molecule has 0 aliphatic carbocycles. The van der Waals surface area contributed by atoms with E-state index in [9.17, 15) is 5.11 Å². The van der Waals surface area contributed by atoms with Gasteiger partial charge in [0, 0.05) is 43.3 Å². The Morgan fingerprint density at radius 1 is 1.29 bits per heavy atom. The molecule has 0 saturated carbocycles. The third-order valence-electron chi connectivity index (χ3n) is 4.56. The number of para-hydroxylation sites is 1. The van der Waals surface area contributed by atoms with Crippen LogP contribution in [0.5, 0.6) is 5.75 Å². The van der Waals surface area contributed by atoms with Crippen molar-refractivity contribution in [3.8, 4) is 5.75 Å². The fraction of sp³-hybridized carbons (Fsp3) is 0.263. The molecule has 1 aromatic carbocycles. The van der Waals surface area contributed by atoms with E-state index in [1.54, 1.807) is 19.3 Å². The molecule has 2 aromatic heterocycles. The SMILES string of the molecule is CN=Cc1nc(CN2CCc3c([nH]c4ccccc34)C2)ccc1O. The summed E-state index contributed by atoms with van der Waals surface area (Å²) in [6.07, 6.45) is 2.63. The van der Waals surface area contributed by atoms with Gasteiger partial charge in [-0.15, -0.1) is 0 Å². The number of aromatic hydroxyl groups is 1. The lowest BCUT2D eigenvalue weighted by Gasteiger charge is -2.26. The highest BCUT2D eigenvalue weighted by Crippen LogP contribution is 2.28. The van der Waals surface area contributed by atoms with Crippen LogP contribution in [0.15, 0.2) is 41.4 Å². The Hall–Kier alpha value is -2.66. The molecule has 5 heteroatoms. The van der Waals surface area contributed by atoms with Crippen LogP contribution in [0.2, 0.25) is 0 Å². The molecule has 5 nitrogen and oxygen atoms in total. The van der Waals surface area contributed by atoms with Gasteiger partial charge in [-0.05, 0) is 30.2 Å². The minimum absolute atomic E-state index is 0.167. The molecule has 1 aliphatic rings. The fourth-order valence-corrected chi connectivity index (χ4v) is 3.43. The Bertz CT molecular complexity index is 913. The van der Waals surface area contributed by atoms with Crippen molar-refractivity contribution in [3.05, 3.63) is 59.0 Å². The van der Waals surface area contributed by atoms with Crippen LogP contribution in [0.3, 0.4) is 0 Å². The predicted molar refractivity (Wildman–Crippen MR) is 95.5 cm³/mol. The Morgan fingerprint density at radius 3 is 3.04 bits per heavy atom. The zero-order valence-electron chi connectivity index (χ0n) is 13.7. The van der Waals surface area contributed by atoms with E-state index in [1.165, 1.54) is 22.2 Å². The number of aromatic nitrogens is 2. The van der Waals surface area contributed by atoms with Crippen LogP contribution in [0, 0.1) is 0 Å². The molecule has 0 saturated heterocycles. The second-order valence-electron chi connectivity index (χ2n) is 6.18. The number of nitrogens with one attached hydrogen (secondary N) is 1. The van der Waals surface area contributed by atoms with Gasteiger partial charge in [-0.3, -0.25) is 9.89 Å². The fourth-order valence-electron chi connectivity index (χ4n) is 3.43. The van der Waals surface area contributed by atoms with Gasteiger partial charge in [0.2, 0.25) is 0 Å². The van der Waals surface area contributed by atoms with E-state index in [0.29, 0.717) is 5.69 Å². The first kappa shape index (κ1) is 14.9. The molecule has 0 atom stereocenters. The largest absolute Gasteiger partial charge is 0.506 e. The van der Waals surface area contributed by atoms with E-state index < -0.39 is 0 Å². The Labute approximate surface area is 140 Å². The van der Waals surface area contributed by atoms with Crippen molar-refractivity contribution in [2.75, 3.05) is 13.6 Å². The second-order valence-corrected chi connectivity index (χ2v) is 6.18. The number of H-pyrrole nitrogens is 1. The van der Waals surface area contributed by atoms with Crippen LogP contribution >= 0.6 is 0 Å². The van der Waals surface area contributed by atoms with Gasteiger partial charge in [0.25, 0.3) is 0 Å². The van der Waals surface area contributed by atoms with E-state index in [2.05, 4.69) is 44.1 Å². The van der Waals surface area contributed by atoms with E-state index in [-0.39, 0.29) is 5.75 Å². The summed E-state index contributed by atoms with van der Waals surface area (Å²) in [7, 11) is 1.68. The van der Waals surface area contributed by atoms with Crippen LogP contribution in [0.25, 0.3) is 10.9 Å². The molecule has 3 aromatic rings. The molecular formula is C19H20N4O. The number of nitrogens with zero attached hydrogens (tertiary/aromatic N) is 3. The van der Waals surface area contributed by atoms with Crippen molar-refractivity contribution in [1.82, 2.24) is 14.9 Å². The number of aliphatic imine (C=N–C) groups is 1. The van der Waals surface area contributed by atoms with Gasteiger partial charge < -0.3 is 10.1 Å². The topological polar surface area (TPSA) is 64.5 Å². The average Bonchev–Trinajstić information content (AvgIpc) is 2.96. The molecule has 1 aliphatic heterocycles. The molecule has 0 radical (unpaired) electrons. The standard InChI is InChI=1S/C19H20N4O/c1-20-10-17-19(24)7-6-13(21-17)11-23-9-8-15-14-4-2-3-5-16(14)22-18(15)12-23/h2-7,10,22,24H,8-9,11-12H2,1H3. The van der Waals surface area contributed by atoms with Gasteiger partial charge >= 0.3 is 0 Å². The summed E-state index contributed by atoms with van der Waals surface area (Å²) in [5.41, 5.74) is 5.44. The van der Waals surface area contributed by atoms with Gasteiger partial charge in [0.15, 0.2) is 0 Å². The Balaban J connectivity index is 1.56. The van der Waals surface area contributed by atoms with E-state index >= 15 is 0 Å². The molecular weight excluding hydrogens is 300 g/mol. The zero-order chi connectivity index (χ0) is 16.5. The Morgan fingerprint density at radius 2 is 2.17 bits per heavy atom. The van der Waals surface area contributed by atoms with Gasteiger partial charge in [-0.2, -0.15) is 0 Å². The first-order valence-electron chi connectivity index (χ1n) is 8.16. The number of fused-ring (bicyclic) bond motifs is 3. The molecule has 2 N–H and O–H groups in total. The summed E-state index contributed by atoms with van der Waals surface area (Å²) >= 11 is 0. The molecule has 0 fully saturated rings. The van der Waals surface area contributed by atoms with Crippen LogP contribution in [0.4, 0.5) is 0 Å². The monoisotopic (exact) mass is 320 g/mol. The molecule has 24 heavy (non-hydrogen) atoms. The van der Waals surface area contributed by atoms with Crippen molar-refractivity contribution < 1.29 is 5.11 Å². The van der Waals surface area contributed by atoms with Crippen molar-refractivity contribution in [3.63, 3.8) is 0 Å². The quantitative estimate of drug-likeness (QED) is 0.729. The average molecular weight is 320 g/mol. The summed E-state index contributed by atoms with van der Waals surface area (Å²) in [6.45, 7) is 2.66. The number of rotatable bonds is 3. The van der Waals surface area contributed by atoms with Crippen molar-refractivity contribution in [1.29, 1.82) is 0 Å². The van der Waals surface area contributed by atoms with Crippen LogP contribution in [-0.2, 0) is 19.5 Å². The number of aromatic amines is 1. The highest BCUT2D eigenvalue weighted by molar-refractivity contribution is 5.84. The zero-order valence-corrected chi connectivity index (χ0v) is 13.7. The number of hydrogen-bond acceptors (Lipinski definition) is 4. The summed E-state index contributed by atoms with van der Waals surface area (Å²) in [5.74, 6) is 0.167. The molecule has 0 unspecified atom stereocenters. The minimum atomic E-state index is 0.167. The lowest BCUT2D eigenvalue weighted by atomic mass is 10.0. The number of benzene rings is 1. The molecule has 4 rings (SSSR count). The molecule has 0 bridgehead atoms. The summed E-state index contributed by atoms with van der Waals surface area (Å²) < 4.78 is 0. The Kier molecular flexibility index (Phi) is 3.78. The minimum Gasteiger partial charge on any atom is -0.506 e. The van der Waals surface area contributed by atoms with Gasteiger partial charge in [-0.1, -0.05) is 18.2 Å². The molecule has 0 amide bonds. The first-order valence-corrected chi connectivity index (χ1v) is 8.16. The third-order valence-corrected chi connectivity index (χ3v) is 4.56. The van der Waals surface area contributed by atoms with Crippen LogP contribution in [0.1, 0.15) is 22.6 Å². The molecule has 122 valence electrons. The van der Waals surface area contributed by atoms with Crippen molar-refractivity contribution in [2.24, 2.45) is 4.99 Å². The molecule has 3 heterocycles. The van der Waals surface area contributed by atoms with Crippen LogP contribution < -0.4 is 0 Å². The summed E-state index contributed by atoms with van der Waals surface area (Å²) in [5, 5.41) is 11.2. The van der Waals surface area contributed by atoms with Gasteiger partial charge in [-0.25, -0.2) is 4.98 Å². The maximum absolute atomic E-state index is 9.81. The smallest absolute Gasteiger partial charge is 0.142 e. The van der Waals surface area contributed by atoms with Crippen LogP contribution in [-0.4, -0.2) is 39.8 Å². The predicted octanol–water partition coefficient (Wildman–Crippen LogP) is 2.88. The summed E-state index contributed by atoms with van der Waals surface area (Å²) in [4.78, 5) is 14.4. The highest BCUT2D eigenvalue weighted by atomic mass is 16.3. The van der Waals surface area contributed by atoms with E-state index in [0.717, 1.165) is 31.7 Å². The van der Waals surface area contributed by atoms with Crippen molar-refractivity contribution in [2.45, 2.75) is 19.5 Å². The number of pyridine rings is 1. The highest BCUT2D eigenvalue weighted by Gasteiger charge is 2.20. The van der Waals surface area contributed by atoms with Gasteiger partial charge in [0.1, 0.15) is 11.4 Å². The van der Waals surface area contributed by atoms with E-state index in [1.807, 2.05) is 6.07 Å². The van der Waals surface area contributed by atoms with E-state index in [4.69, 9.17) is 0 Å².